The maximum Gasteiger partial charge on any atom is 0.425 e. The first-order valence-electron chi connectivity index (χ1n) is 9.57. The summed E-state index contributed by atoms with van der Waals surface area (Å²) in [5.41, 5.74) is 0.00464. The molecular formula is C21H18ClF6N3OS. The van der Waals surface area contributed by atoms with Crippen LogP contribution in [-0.4, -0.2) is 21.9 Å². The molecule has 4 nitrogen and oxygen atoms in total. The molecule has 12 heteroatoms. The Hall–Kier alpha value is -2.37. The Balaban J connectivity index is 1.72. The Labute approximate surface area is 194 Å². The van der Waals surface area contributed by atoms with Gasteiger partial charge in [-0.05, 0) is 48.6 Å². The van der Waals surface area contributed by atoms with Gasteiger partial charge in [-0.3, -0.25) is 0 Å². The Morgan fingerprint density at radius 2 is 1.88 bits per heavy atom. The van der Waals surface area contributed by atoms with E-state index in [-0.39, 0.29) is 36.4 Å². The monoisotopic (exact) mass is 509 g/mol. The van der Waals surface area contributed by atoms with Crippen LogP contribution in [0.3, 0.4) is 0 Å². The van der Waals surface area contributed by atoms with E-state index in [2.05, 4.69) is 15.3 Å². The molecule has 0 fully saturated rings. The van der Waals surface area contributed by atoms with E-state index in [1.54, 1.807) is 6.92 Å². The summed E-state index contributed by atoms with van der Waals surface area (Å²) in [7, 11) is 0. The number of aromatic nitrogens is 2. The zero-order valence-electron chi connectivity index (χ0n) is 17.1. The summed E-state index contributed by atoms with van der Waals surface area (Å²) in [6.07, 6.45) is -7.32. The van der Waals surface area contributed by atoms with Gasteiger partial charge >= 0.3 is 12.4 Å². The Kier molecular flexibility index (Phi) is 7.86. The smallest absolute Gasteiger partial charge is 0.425 e. The summed E-state index contributed by atoms with van der Waals surface area (Å²) in [4.78, 5) is 7.62. The Morgan fingerprint density at radius 3 is 2.52 bits per heavy atom. The number of hydrogen-bond donors (Lipinski definition) is 1. The molecule has 0 aliphatic heterocycles. The average Bonchev–Trinajstić information content (AvgIpc) is 3.21. The minimum absolute atomic E-state index is 0.0367. The summed E-state index contributed by atoms with van der Waals surface area (Å²) in [6.45, 7) is 1.76. The minimum atomic E-state index is -4.52. The molecule has 33 heavy (non-hydrogen) atoms. The zero-order chi connectivity index (χ0) is 24.2. The van der Waals surface area contributed by atoms with Crippen molar-refractivity contribution >= 4 is 22.9 Å². The van der Waals surface area contributed by atoms with Gasteiger partial charge in [-0.25, -0.2) is 9.97 Å². The predicted octanol–water partition coefficient (Wildman–Crippen LogP) is 6.62. The summed E-state index contributed by atoms with van der Waals surface area (Å²) < 4.78 is 83.0. The van der Waals surface area contributed by atoms with Gasteiger partial charge in [0.15, 0.2) is 5.75 Å². The highest BCUT2D eigenvalue weighted by atomic mass is 35.5. The van der Waals surface area contributed by atoms with Gasteiger partial charge in [-0.15, -0.1) is 22.9 Å². The van der Waals surface area contributed by atoms with Crippen molar-refractivity contribution < 1.29 is 31.1 Å². The van der Waals surface area contributed by atoms with Gasteiger partial charge in [0.2, 0.25) is 0 Å². The molecule has 0 amide bonds. The Morgan fingerprint density at radius 1 is 1.12 bits per heavy atom. The van der Waals surface area contributed by atoms with E-state index in [0.29, 0.717) is 28.4 Å². The van der Waals surface area contributed by atoms with Crippen LogP contribution in [0.4, 0.5) is 26.3 Å². The van der Waals surface area contributed by atoms with Crippen LogP contribution >= 0.6 is 22.9 Å². The van der Waals surface area contributed by atoms with Crippen molar-refractivity contribution in [2.24, 2.45) is 0 Å². The molecule has 0 saturated carbocycles. The zero-order valence-corrected chi connectivity index (χ0v) is 18.7. The minimum Gasteiger partial charge on any atom is -0.454 e. The van der Waals surface area contributed by atoms with Crippen LogP contribution in [0.1, 0.15) is 27.5 Å². The molecule has 2 heterocycles. The third kappa shape index (κ3) is 7.05. The first-order valence-corrected chi connectivity index (χ1v) is 11.0. The van der Waals surface area contributed by atoms with E-state index >= 15 is 0 Å². The number of nitrogens with one attached hydrogen (secondary N) is 1. The lowest BCUT2D eigenvalue weighted by Gasteiger charge is -2.17. The number of rotatable bonds is 8. The molecule has 1 unspecified atom stereocenters. The standard InChI is InChI=1S/C21H18ClF6N3OS/c1-12-29-10-18(32-16-4-2-3-14(7-16)20(23,24)25)17(31-12)9-30-15(8-22)5-13-6-19(33-11-13)21(26,27)28/h2-4,6-7,10-11,15,30H,5,8-9H2,1H3. The van der Waals surface area contributed by atoms with E-state index in [0.717, 1.165) is 18.2 Å². The average molecular weight is 510 g/mol. The van der Waals surface area contributed by atoms with Gasteiger partial charge in [-0.2, -0.15) is 26.3 Å². The van der Waals surface area contributed by atoms with Gasteiger partial charge in [0.1, 0.15) is 22.1 Å². The normalized spacial score (nSPS) is 13.2. The first-order chi connectivity index (χ1) is 15.5. The fourth-order valence-electron chi connectivity index (χ4n) is 2.92. The molecule has 2 aromatic heterocycles. The highest BCUT2D eigenvalue weighted by Gasteiger charge is 2.32. The van der Waals surface area contributed by atoms with Gasteiger partial charge in [0, 0.05) is 18.5 Å². The van der Waals surface area contributed by atoms with Crippen molar-refractivity contribution in [2.75, 3.05) is 5.88 Å². The summed E-state index contributed by atoms with van der Waals surface area (Å²) in [5.74, 6) is 0.643. The number of thiophene rings is 1. The summed E-state index contributed by atoms with van der Waals surface area (Å²) in [5, 5.41) is 4.54. The number of alkyl halides is 7. The summed E-state index contributed by atoms with van der Waals surface area (Å²) >= 11 is 6.60. The number of aryl methyl sites for hydroxylation is 1. The number of benzene rings is 1. The van der Waals surface area contributed by atoms with Crippen molar-refractivity contribution in [3.63, 3.8) is 0 Å². The van der Waals surface area contributed by atoms with Crippen molar-refractivity contribution in [3.8, 4) is 11.5 Å². The SMILES string of the molecule is Cc1ncc(Oc2cccc(C(F)(F)F)c2)c(CNC(CCl)Cc2csc(C(F)(F)F)c2)n1. The lowest BCUT2D eigenvalue weighted by Crippen LogP contribution is -2.32. The lowest BCUT2D eigenvalue weighted by atomic mass is 10.1. The van der Waals surface area contributed by atoms with Crippen LogP contribution in [0, 0.1) is 6.92 Å². The van der Waals surface area contributed by atoms with E-state index in [9.17, 15) is 26.3 Å². The first kappa shape index (κ1) is 25.3. The van der Waals surface area contributed by atoms with Crippen LogP contribution in [0.5, 0.6) is 11.5 Å². The molecule has 3 rings (SSSR count). The van der Waals surface area contributed by atoms with Crippen molar-refractivity contribution in [3.05, 3.63) is 69.4 Å². The predicted molar refractivity (Wildman–Crippen MR) is 113 cm³/mol. The maximum absolute atomic E-state index is 13.0. The van der Waals surface area contributed by atoms with E-state index < -0.39 is 22.8 Å². The number of hydrogen-bond acceptors (Lipinski definition) is 5. The second-order valence-electron chi connectivity index (χ2n) is 7.11. The molecule has 0 aliphatic carbocycles. The molecule has 0 saturated heterocycles. The number of halogens is 7. The topological polar surface area (TPSA) is 47.0 Å². The molecular weight excluding hydrogens is 492 g/mol. The molecule has 0 radical (unpaired) electrons. The van der Waals surface area contributed by atoms with Crippen molar-refractivity contribution in [1.29, 1.82) is 0 Å². The van der Waals surface area contributed by atoms with Crippen LogP contribution in [0.25, 0.3) is 0 Å². The van der Waals surface area contributed by atoms with E-state index in [1.165, 1.54) is 23.7 Å². The van der Waals surface area contributed by atoms with E-state index in [1.807, 2.05) is 0 Å². The molecule has 1 atom stereocenters. The van der Waals surface area contributed by atoms with Gasteiger partial charge < -0.3 is 10.1 Å². The Bertz CT molecular complexity index is 1090. The third-order valence-electron chi connectivity index (χ3n) is 4.50. The van der Waals surface area contributed by atoms with Crippen LogP contribution in [0.2, 0.25) is 0 Å². The molecule has 0 bridgehead atoms. The van der Waals surface area contributed by atoms with Gasteiger partial charge in [0.25, 0.3) is 0 Å². The molecule has 0 aliphatic rings. The number of nitrogens with zero attached hydrogens (tertiary/aromatic N) is 2. The van der Waals surface area contributed by atoms with Crippen molar-refractivity contribution in [2.45, 2.75) is 38.3 Å². The lowest BCUT2D eigenvalue weighted by molar-refractivity contribution is -0.137. The van der Waals surface area contributed by atoms with E-state index in [4.69, 9.17) is 16.3 Å². The van der Waals surface area contributed by atoms with Gasteiger partial charge in [-0.1, -0.05) is 6.07 Å². The van der Waals surface area contributed by atoms with Crippen LogP contribution < -0.4 is 10.1 Å². The fourth-order valence-corrected chi connectivity index (χ4v) is 3.93. The van der Waals surface area contributed by atoms with Crippen LogP contribution in [0.15, 0.2) is 41.9 Å². The van der Waals surface area contributed by atoms with Crippen molar-refractivity contribution in [1.82, 2.24) is 15.3 Å². The van der Waals surface area contributed by atoms with Crippen LogP contribution in [-0.2, 0) is 25.3 Å². The quantitative estimate of drug-likeness (QED) is 0.274. The highest BCUT2D eigenvalue weighted by molar-refractivity contribution is 7.10. The highest BCUT2D eigenvalue weighted by Crippen LogP contribution is 2.35. The second-order valence-corrected chi connectivity index (χ2v) is 8.33. The third-order valence-corrected chi connectivity index (χ3v) is 5.90. The largest absolute Gasteiger partial charge is 0.454 e. The fraction of sp³-hybridized carbons (Fsp3) is 0.333. The molecule has 1 N–H and O–H groups in total. The maximum atomic E-state index is 13.0. The second kappa shape index (κ2) is 10.3. The molecule has 178 valence electrons. The molecule has 3 aromatic rings. The van der Waals surface area contributed by atoms with Gasteiger partial charge in [0.05, 0.1) is 11.8 Å². The molecule has 0 spiro atoms. The number of ether oxygens (including phenoxy) is 1. The summed E-state index contributed by atoms with van der Waals surface area (Å²) in [6, 6.07) is 5.11. The molecule has 1 aromatic carbocycles.